The molecule has 2 aromatic rings. The number of esters is 1. The molecule has 2 atom stereocenters. The second-order valence-corrected chi connectivity index (χ2v) is 10.3. The van der Waals surface area contributed by atoms with Crippen LogP contribution in [0.3, 0.4) is 0 Å². The van der Waals surface area contributed by atoms with E-state index in [1.54, 1.807) is 0 Å². The highest BCUT2D eigenvalue weighted by molar-refractivity contribution is 7.13. The first-order valence-electron chi connectivity index (χ1n) is 12.3. The molecule has 1 aliphatic rings. The first-order chi connectivity index (χ1) is 15.9. The van der Waals surface area contributed by atoms with Crippen molar-refractivity contribution in [3.05, 3.63) is 51.7 Å². The van der Waals surface area contributed by atoms with Gasteiger partial charge >= 0.3 is 5.97 Å². The summed E-state index contributed by atoms with van der Waals surface area (Å²) in [7, 11) is 0. The van der Waals surface area contributed by atoms with Gasteiger partial charge in [-0.15, -0.1) is 11.3 Å². The molecule has 0 saturated carbocycles. The minimum atomic E-state index is -0.441. The summed E-state index contributed by atoms with van der Waals surface area (Å²) in [4.78, 5) is 28.4. The van der Waals surface area contributed by atoms with Gasteiger partial charge in [0.25, 0.3) is 0 Å². The van der Waals surface area contributed by atoms with Crippen molar-refractivity contribution in [1.29, 1.82) is 0 Å². The number of amides is 1. The molecule has 1 saturated heterocycles. The average Bonchev–Trinajstić information content (AvgIpc) is 3.40. The Morgan fingerprint density at radius 2 is 1.91 bits per heavy atom. The molecule has 180 valence electrons. The molecule has 0 radical (unpaired) electrons. The Labute approximate surface area is 201 Å². The van der Waals surface area contributed by atoms with Crippen LogP contribution in [0, 0.1) is 0 Å². The molecule has 1 aromatic heterocycles. The Balaban J connectivity index is 1.54. The highest BCUT2D eigenvalue weighted by Gasteiger charge is 2.31. The molecular formula is C27H37NO4S. The molecule has 0 aliphatic carbocycles. The number of aliphatic hydroxyl groups is 1. The number of unbranched alkanes of at least 4 members (excludes halogenated alkanes) is 2. The van der Waals surface area contributed by atoms with Crippen LogP contribution >= 0.6 is 11.3 Å². The van der Waals surface area contributed by atoms with E-state index < -0.39 is 6.10 Å². The highest BCUT2D eigenvalue weighted by atomic mass is 32.1. The summed E-state index contributed by atoms with van der Waals surface area (Å²) < 4.78 is 5.27. The van der Waals surface area contributed by atoms with E-state index in [4.69, 9.17) is 4.74 Å². The molecule has 1 aromatic carbocycles. The number of thiophene rings is 1. The zero-order valence-corrected chi connectivity index (χ0v) is 20.9. The lowest BCUT2D eigenvalue weighted by Gasteiger charge is -2.25. The standard InChI is InChI=1S/C27H37NO4S/c1-4-5-6-10-24(29)20-11-13-22(14-12-20)28-21(15-18-26(28)30)8-7-9-23-16-17-25(33-23)27(31)32-19(2)3/h11-14,16-17,19,21,24,29H,4-10,15,18H2,1-3H3/t21?,24-/m0/s1. The zero-order chi connectivity index (χ0) is 23.8. The molecule has 2 heterocycles. The van der Waals surface area contributed by atoms with Gasteiger partial charge in [0.2, 0.25) is 5.91 Å². The van der Waals surface area contributed by atoms with E-state index in [-0.39, 0.29) is 24.0 Å². The summed E-state index contributed by atoms with van der Waals surface area (Å²) in [6.45, 7) is 5.86. The molecule has 6 heteroatoms. The number of aliphatic hydroxyl groups excluding tert-OH is 1. The van der Waals surface area contributed by atoms with Gasteiger partial charge in [-0.3, -0.25) is 4.79 Å². The van der Waals surface area contributed by atoms with E-state index in [1.165, 1.54) is 16.2 Å². The van der Waals surface area contributed by atoms with E-state index in [9.17, 15) is 14.7 Å². The maximum atomic E-state index is 12.6. The maximum absolute atomic E-state index is 12.6. The summed E-state index contributed by atoms with van der Waals surface area (Å²) in [5.41, 5.74) is 1.84. The van der Waals surface area contributed by atoms with Crippen LogP contribution in [0.2, 0.25) is 0 Å². The average molecular weight is 472 g/mol. The van der Waals surface area contributed by atoms with E-state index in [1.807, 2.05) is 55.1 Å². The Bertz CT molecular complexity index is 905. The van der Waals surface area contributed by atoms with E-state index in [2.05, 4.69) is 6.92 Å². The third-order valence-electron chi connectivity index (χ3n) is 6.13. The van der Waals surface area contributed by atoms with Crippen LogP contribution in [0.1, 0.15) is 98.4 Å². The lowest BCUT2D eigenvalue weighted by molar-refractivity contribution is -0.117. The lowest BCUT2D eigenvalue weighted by atomic mass is 10.0. The first-order valence-corrected chi connectivity index (χ1v) is 13.1. The molecule has 0 spiro atoms. The first kappa shape index (κ1) is 25.4. The predicted molar refractivity (Wildman–Crippen MR) is 134 cm³/mol. The molecule has 1 unspecified atom stereocenters. The van der Waals surface area contributed by atoms with Crippen molar-refractivity contribution in [3.63, 3.8) is 0 Å². The quantitative estimate of drug-likeness (QED) is 0.285. The number of carbonyl (C=O) groups excluding carboxylic acids is 2. The number of nitrogens with zero attached hydrogens (tertiary/aromatic N) is 1. The fraction of sp³-hybridized carbons (Fsp3) is 0.556. The van der Waals surface area contributed by atoms with Crippen molar-refractivity contribution in [1.82, 2.24) is 0 Å². The molecule has 3 rings (SSSR count). The summed E-state index contributed by atoms with van der Waals surface area (Å²) in [6.07, 6.45) is 7.74. The van der Waals surface area contributed by atoms with Crippen molar-refractivity contribution >= 4 is 28.9 Å². The molecule has 0 bridgehead atoms. The fourth-order valence-corrected chi connectivity index (χ4v) is 5.32. The van der Waals surface area contributed by atoms with E-state index >= 15 is 0 Å². The minimum Gasteiger partial charge on any atom is -0.459 e. The van der Waals surface area contributed by atoms with Gasteiger partial charge in [0.05, 0.1) is 12.2 Å². The van der Waals surface area contributed by atoms with Gasteiger partial charge < -0.3 is 14.7 Å². The van der Waals surface area contributed by atoms with Crippen molar-refractivity contribution in [2.24, 2.45) is 0 Å². The van der Waals surface area contributed by atoms with Gasteiger partial charge in [-0.1, -0.05) is 38.3 Å². The molecule has 33 heavy (non-hydrogen) atoms. The highest BCUT2D eigenvalue weighted by Crippen LogP contribution is 2.31. The predicted octanol–water partition coefficient (Wildman–Crippen LogP) is 6.45. The lowest BCUT2D eigenvalue weighted by Crippen LogP contribution is -2.32. The Morgan fingerprint density at radius 1 is 1.15 bits per heavy atom. The summed E-state index contributed by atoms with van der Waals surface area (Å²) >= 11 is 1.50. The number of benzene rings is 1. The SMILES string of the molecule is CCCCC[C@H](O)c1ccc(N2C(=O)CCC2CCCc2ccc(C(=O)OC(C)C)s2)cc1. The van der Waals surface area contributed by atoms with Crippen molar-refractivity contribution in [2.75, 3.05) is 4.90 Å². The molecule has 1 aliphatic heterocycles. The Kier molecular flexibility index (Phi) is 9.51. The van der Waals surface area contributed by atoms with Gasteiger partial charge in [0.1, 0.15) is 4.88 Å². The molecule has 5 nitrogen and oxygen atoms in total. The van der Waals surface area contributed by atoms with Crippen LogP contribution in [0.25, 0.3) is 0 Å². The van der Waals surface area contributed by atoms with E-state index in [0.717, 1.165) is 62.6 Å². The third kappa shape index (κ3) is 7.15. The van der Waals surface area contributed by atoms with Gasteiger partial charge in [-0.25, -0.2) is 4.79 Å². The smallest absolute Gasteiger partial charge is 0.348 e. The van der Waals surface area contributed by atoms with Gasteiger partial charge in [-0.2, -0.15) is 0 Å². The minimum absolute atomic E-state index is 0.118. The van der Waals surface area contributed by atoms with E-state index in [0.29, 0.717) is 11.3 Å². The molecule has 1 amide bonds. The van der Waals surface area contributed by atoms with Crippen LogP contribution in [-0.4, -0.2) is 29.1 Å². The normalized spacial score (nSPS) is 17.1. The Hall–Kier alpha value is -2.18. The number of aryl methyl sites for hydroxylation is 1. The topological polar surface area (TPSA) is 66.8 Å². The van der Waals surface area contributed by atoms with Crippen LogP contribution in [-0.2, 0) is 16.0 Å². The third-order valence-corrected chi connectivity index (χ3v) is 7.25. The van der Waals surface area contributed by atoms with Crippen molar-refractivity contribution in [3.8, 4) is 0 Å². The summed E-state index contributed by atoms with van der Waals surface area (Å²) in [5.74, 6) is -0.0844. The molecule has 1 fully saturated rings. The van der Waals surface area contributed by atoms with Crippen LogP contribution in [0.4, 0.5) is 5.69 Å². The fourth-order valence-electron chi connectivity index (χ4n) is 4.39. The van der Waals surface area contributed by atoms with Crippen LogP contribution in [0.5, 0.6) is 0 Å². The van der Waals surface area contributed by atoms with Crippen LogP contribution < -0.4 is 4.90 Å². The number of ether oxygens (including phenoxy) is 1. The van der Waals surface area contributed by atoms with Crippen LogP contribution in [0.15, 0.2) is 36.4 Å². The summed E-state index contributed by atoms with van der Waals surface area (Å²) in [5, 5.41) is 10.4. The second kappa shape index (κ2) is 12.3. The number of rotatable bonds is 12. The second-order valence-electron chi connectivity index (χ2n) is 9.17. The number of anilines is 1. The largest absolute Gasteiger partial charge is 0.459 e. The van der Waals surface area contributed by atoms with Crippen molar-refractivity contribution < 1.29 is 19.4 Å². The van der Waals surface area contributed by atoms with Gasteiger partial charge in [0, 0.05) is 23.0 Å². The maximum Gasteiger partial charge on any atom is 0.348 e. The molecular weight excluding hydrogens is 434 g/mol. The summed E-state index contributed by atoms with van der Waals surface area (Å²) in [6, 6.07) is 11.9. The van der Waals surface area contributed by atoms with Crippen molar-refractivity contribution in [2.45, 2.75) is 96.8 Å². The van der Waals surface area contributed by atoms with Gasteiger partial charge in [-0.05, 0) is 75.8 Å². The number of hydrogen-bond acceptors (Lipinski definition) is 5. The Morgan fingerprint density at radius 3 is 2.61 bits per heavy atom. The monoisotopic (exact) mass is 471 g/mol. The number of carbonyl (C=O) groups is 2. The van der Waals surface area contributed by atoms with Gasteiger partial charge in [0.15, 0.2) is 0 Å². The zero-order valence-electron chi connectivity index (χ0n) is 20.1. The molecule has 1 N–H and O–H groups in total. The number of hydrogen-bond donors (Lipinski definition) is 1.